The van der Waals surface area contributed by atoms with Crippen molar-refractivity contribution in [3.05, 3.63) is 63.4 Å². The van der Waals surface area contributed by atoms with Crippen molar-refractivity contribution in [2.24, 2.45) is 0 Å². The molecule has 0 radical (unpaired) electrons. The summed E-state index contributed by atoms with van der Waals surface area (Å²) < 4.78 is 34.9. The molecular formula is C27H58IN11O13. The van der Waals surface area contributed by atoms with Crippen LogP contribution >= 0.6 is 23.8 Å². The van der Waals surface area contributed by atoms with Gasteiger partial charge in [0.25, 0.3) is 29.1 Å². The Morgan fingerprint density at radius 2 is 1.13 bits per heavy atom. The second-order valence-corrected chi connectivity index (χ2v) is 7.67. The van der Waals surface area contributed by atoms with Gasteiger partial charge in [-0.2, -0.15) is 15.0 Å². The minimum Gasteiger partial charge on any atom is -0.462 e. The highest BCUT2D eigenvalue weighted by Crippen LogP contribution is 2.14. The number of aromatic nitrogens is 6. The number of hydrogen-bond donors (Lipinski definition) is 6. The third-order valence-electron chi connectivity index (χ3n) is 4.33. The molecule has 3 rings (SSSR count). The van der Waals surface area contributed by atoms with Crippen LogP contribution in [0.5, 0.6) is 18.0 Å². The quantitative estimate of drug-likeness (QED) is 0.0553. The number of hydrazine groups is 1. The predicted octanol–water partition coefficient (Wildman–Crippen LogP) is 2.74. The number of halogens is 1. The van der Waals surface area contributed by atoms with Crippen molar-refractivity contribution >= 4 is 46.9 Å². The molecule has 0 amide bonds. The van der Waals surface area contributed by atoms with Gasteiger partial charge in [0.15, 0.2) is 5.03 Å². The Morgan fingerprint density at radius 3 is 1.50 bits per heavy atom. The molecule has 0 aliphatic heterocycles. The van der Waals surface area contributed by atoms with Crippen LogP contribution in [0.1, 0.15) is 46.0 Å². The lowest BCUT2D eigenvalue weighted by atomic mass is 10.5. The second kappa shape index (κ2) is 34.3. The maximum absolute atomic E-state index is 11.2. The van der Waals surface area contributed by atoms with Crippen LogP contribution in [-0.2, 0) is 14.2 Å². The zero-order valence-electron chi connectivity index (χ0n) is 25.5. The molecule has 0 bridgehead atoms. The molecule has 0 aliphatic rings. The van der Waals surface area contributed by atoms with Crippen molar-refractivity contribution in [1.29, 1.82) is 0.594 Å². The Kier molecular flexibility index (Phi) is 38.9. The molecule has 8 N–H and O–H groups in total. The third-order valence-corrected chi connectivity index (χ3v) is 4.33. The van der Waals surface area contributed by atoms with Gasteiger partial charge in [-0.3, -0.25) is 39.4 Å². The first-order valence-electron chi connectivity index (χ1n) is 12.6. The monoisotopic (exact) mass is 873 g/mol. The number of rotatable bonds is 15. The standard InChI is InChI=1S/2C7H10N4O5.C7H11N3O3.6CH4.HI.H2/c1-15-2-3-16-7-9-5(8)4(11(13)14)6(12)10-7;1-15-2-3-16-7-8-5(10-11(13)14)4-6(12)9-7;1-12-2-3-13-7-9-5(8)4-6(11)10-7;;;;;;;;/h2-3H2,1H3,(H3,8,9,10,12);4H,2-3H2,1H3,(H2,8,9,10,12);4H,2-3H2,1H3,(H3,8,9,10,11);6*1H4;2*1H/i;;;;;;;;;;1+1/hD. The van der Waals surface area contributed by atoms with E-state index in [1.54, 1.807) is 12.5 Å². The number of nitro groups is 2. The fraction of sp³-hybridized carbons (Fsp3) is 0.556. The van der Waals surface area contributed by atoms with Crippen LogP contribution in [0.3, 0.4) is 0 Å². The van der Waals surface area contributed by atoms with Crippen LogP contribution in [0, 0.1) is 20.2 Å². The molecule has 3 aromatic rings. The van der Waals surface area contributed by atoms with E-state index in [9.17, 15) is 34.6 Å². The number of hydrogen-bond acceptors (Lipinski definition) is 18. The SMILES string of the molecule is C.C.C.C.C.C.COCCOc1nc(N)c([N+](=O)[O-])c(=O)[nH]1.COCCOc1nc(N)cc(=O)[nH]1.COCCOc1nc(N[N+](=O)[O-])cc(=O)[nH]1.[2HH].[2H]I. The summed E-state index contributed by atoms with van der Waals surface area (Å²) in [5, 5.41) is 19.7. The van der Waals surface area contributed by atoms with Crippen molar-refractivity contribution < 1.29 is 39.8 Å². The minimum atomic E-state index is -0.954. The summed E-state index contributed by atoms with van der Waals surface area (Å²) in [4.78, 5) is 70.5. The molecule has 0 aliphatic carbocycles. The zero-order chi connectivity index (χ0) is 35.8. The van der Waals surface area contributed by atoms with Gasteiger partial charge in [-0.05, 0) is 0 Å². The molecule has 0 aromatic carbocycles. The number of nitrogen functional groups attached to an aromatic ring is 2. The number of nitrogens with zero attached hydrogens (tertiary/aromatic N) is 5. The molecule has 306 valence electrons. The number of methoxy groups -OCH3 is 3. The van der Waals surface area contributed by atoms with Gasteiger partial charge in [0, 0.05) is 28.8 Å². The molecule has 0 fully saturated rings. The van der Waals surface area contributed by atoms with Gasteiger partial charge < -0.3 is 39.9 Å². The van der Waals surface area contributed by atoms with E-state index >= 15 is 0 Å². The normalized spacial score (nSPS) is 8.73. The Balaban J connectivity index is -0.0000000903. The first kappa shape index (κ1) is 59.0. The zero-order valence-corrected chi connectivity index (χ0v) is 26.6. The smallest absolute Gasteiger partial charge is 0.375 e. The minimum absolute atomic E-state index is 0. The molecular weight excluding hydrogens is 813 g/mol. The molecule has 3 aromatic heterocycles. The number of anilines is 3. The first-order chi connectivity index (χ1) is 22.4. The maximum atomic E-state index is 11.2. The summed E-state index contributed by atoms with van der Waals surface area (Å²) in [6, 6.07) is 1.97. The molecule has 0 saturated carbocycles. The highest BCUT2D eigenvalue weighted by molar-refractivity contribution is 14.0. The Hall–Kier alpha value is -5.15. The average Bonchev–Trinajstić information content (AvgIpc) is 2.98. The summed E-state index contributed by atoms with van der Waals surface area (Å²) >= 11 is 1.40. The highest BCUT2D eigenvalue weighted by atomic mass is 127. The average molecular weight is 874 g/mol. The van der Waals surface area contributed by atoms with Gasteiger partial charge in [-0.1, -0.05) is 50.0 Å². The van der Waals surface area contributed by atoms with E-state index < -0.39 is 32.6 Å². The van der Waals surface area contributed by atoms with Crippen molar-refractivity contribution in [3.63, 3.8) is 0 Å². The van der Waals surface area contributed by atoms with E-state index in [0.717, 1.165) is 6.07 Å². The van der Waals surface area contributed by atoms with Crippen molar-refractivity contribution in [2.45, 2.75) is 44.6 Å². The molecule has 0 atom stereocenters. The summed E-state index contributed by atoms with van der Waals surface area (Å²) in [5.41, 5.74) is 9.69. The van der Waals surface area contributed by atoms with E-state index in [1.807, 2.05) is 0 Å². The third kappa shape index (κ3) is 25.8. The second-order valence-electron chi connectivity index (χ2n) is 7.67. The van der Waals surface area contributed by atoms with Gasteiger partial charge in [0.2, 0.25) is 11.6 Å². The van der Waals surface area contributed by atoms with Crippen LogP contribution in [0.25, 0.3) is 0 Å². The van der Waals surface area contributed by atoms with Crippen LogP contribution in [0.2, 0.25) is 0 Å². The van der Waals surface area contributed by atoms with Crippen LogP contribution in [0.15, 0.2) is 26.5 Å². The topological polar surface area (TPSA) is 343 Å². The van der Waals surface area contributed by atoms with Gasteiger partial charge in [-0.15, -0.1) is 23.8 Å². The summed E-state index contributed by atoms with van der Waals surface area (Å²) in [7, 11) is 4.52. The van der Waals surface area contributed by atoms with Crippen LogP contribution < -0.4 is 47.8 Å². The molecule has 0 unspecified atom stereocenters. The number of nitrogens with two attached hydrogens (primary N) is 2. The molecule has 25 heteroatoms. The molecule has 3 heterocycles. The van der Waals surface area contributed by atoms with E-state index in [2.05, 4.69) is 29.9 Å². The Labute approximate surface area is 320 Å². The largest absolute Gasteiger partial charge is 0.462 e. The number of ether oxygens (including phenoxy) is 6. The summed E-state index contributed by atoms with van der Waals surface area (Å²) in [5.74, 6) is -0.543. The van der Waals surface area contributed by atoms with Gasteiger partial charge in [0.05, 0.1) is 30.8 Å². The summed E-state index contributed by atoms with van der Waals surface area (Å²) in [6.45, 7) is 1.69. The summed E-state index contributed by atoms with van der Waals surface area (Å²) in [6.07, 6.45) is 0. The van der Waals surface area contributed by atoms with E-state index in [1.165, 1.54) is 44.1 Å². The van der Waals surface area contributed by atoms with Crippen molar-refractivity contribution in [1.82, 2.24) is 29.9 Å². The molecule has 0 spiro atoms. The van der Waals surface area contributed by atoms with Gasteiger partial charge in [-0.25, -0.2) is 10.1 Å². The van der Waals surface area contributed by atoms with Gasteiger partial charge >= 0.3 is 11.2 Å². The molecule has 52 heavy (non-hydrogen) atoms. The van der Waals surface area contributed by atoms with Crippen LogP contribution in [-0.4, -0.2) is 101 Å². The Morgan fingerprint density at radius 1 is 0.731 bits per heavy atom. The lowest BCUT2D eigenvalue weighted by molar-refractivity contribution is -0.445. The fourth-order valence-electron chi connectivity index (χ4n) is 2.55. The van der Waals surface area contributed by atoms with Crippen molar-refractivity contribution in [3.8, 4) is 18.0 Å². The van der Waals surface area contributed by atoms with E-state index in [0.29, 0.717) is 26.4 Å². The lowest BCUT2D eigenvalue weighted by Crippen LogP contribution is -2.18. The van der Waals surface area contributed by atoms with E-state index in [-0.39, 0.29) is 94.4 Å². The molecule has 0 saturated heterocycles. The highest BCUT2D eigenvalue weighted by Gasteiger charge is 2.20. The lowest BCUT2D eigenvalue weighted by Gasteiger charge is -2.04. The number of nitrogens with one attached hydrogen (secondary N) is 4. The Bertz CT molecular complexity index is 1570. The predicted molar refractivity (Wildman–Crippen MR) is 211 cm³/mol. The number of aromatic amines is 3. The maximum Gasteiger partial charge on any atom is 0.375 e. The van der Waals surface area contributed by atoms with Crippen LogP contribution in [0.4, 0.5) is 23.1 Å². The van der Waals surface area contributed by atoms with Crippen molar-refractivity contribution in [2.75, 3.05) is 77.9 Å². The fourth-order valence-corrected chi connectivity index (χ4v) is 2.55. The molecule has 24 nitrogen and oxygen atoms in total. The van der Waals surface area contributed by atoms with Gasteiger partial charge in [0.1, 0.15) is 26.2 Å². The number of H-pyrrole nitrogens is 3. The first-order valence-corrected chi connectivity index (χ1v) is 12.2. The van der Waals surface area contributed by atoms with E-state index in [4.69, 9.17) is 40.5 Å².